The van der Waals surface area contributed by atoms with Crippen molar-refractivity contribution < 1.29 is 19.1 Å². The van der Waals surface area contributed by atoms with Gasteiger partial charge >= 0.3 is 5.97 Å². The van der Waals surface area contributed by atoms with E-state index in [0.29, 0.717) is 31.7 Å². The van der Waals surface area contributed by atoms with E-state index in [9.17, 15) is 9.59 Å². The molecule has 40 heavy (non-hydrogen) atoms. The monoisotopic (exact) mass is 537 g/mol. The van der Waals surface area contributed by atoms with E-state index in [2.05, 4.69) is 36.4 Å². The van der Waals surface area contributed by atoms with Crippen LogP contribution in [0.3, 0.4) is 0 Å². The average Bonchev–Trinajstić information content (AvgIpc) is 2.97. The molecule has 0 atom stereocenters. The largest absolute Gasteiger partial charge is 0.494 e. The molecule has 0 saturated carbocycles. The molecule has 4 aromatic rings. The SMILES string of the molecule is CCOC(=O)CCCCCOc1cccc(CN(C(=O)c2ccc(-c3cccc4ccccc34)cc2)C(C)C)c1. The number of esters is 1. The number of ether oxygens (including phenoxy) is 2. The van der Waals surface area contributed by atoms with E-state index in [1.165, 1.54) is 10.8 Å². The first-order chi connectivity index (χ1) is 19.5. The van der Waals surface area contributed by atoms with Crippen molar-refractivity contribution in [2.45, 2.75) is 59.0 Å². The number of hydrogen-bond donors (Lipinski definition) is 0. The predicted octanol–water partition coefficient (Wildman–Crippen LogP) is 8.06. The second-order valence-electron chi connectivity index (χ2n) is 10.2. The Morgan fingerprint density at radius 2 is 1.57 bits per heavy atom. The maximum absolute atomic E-state index is 13.6. The summed E-state index contributed by atoms with van der Waals surface area (Å²) < 4.78 is 10.9. The molecule has 4 aromatic carbocycles. The summed E-state index contributed by atoms with van der Waals surface area (Å²) in [6, 6.07) is 30.6. The molecule has 0 aromatic heterocycles. The van der Waals surface area contributed by atoms with Crippen LogP contribution >= 0.6 is 0 Å². The molecule has 1 amide bonds. The number of amides is 1. The quantitative estimate of drug-likeness (QED) is 0.128. The highest BCUT2D eigenvalue weighted by Gasteiger charge is 2.19. The lowest BCUT2D eigenvalue weighted by atomic mass is 9.97. The van der Waals surface area contributed by atoms with E-state index in [4.69, 9.17) is 9.47 Å². The second kappa shape index (κ2) is 14.3. The fourth-order valence-electron chi connectivity index (χ4n) is 4.83. The lowest BCUT2D eigenvalue weighted by Crippen LogP contribution is -2.36. The third-order valence-electron chi connectivity index (χ3n) is 6.97. The highest BCUT2D eigenvalue weighted by molar-refractivity contribution is 5.98. The second-order valence-corrected chi connectivity index (χ2v) is 10.2. The zero-order valence-electron chi connectivity index (χ0n) is 23.8. The molecule has 0 N–H and O–H groups in total. The summed E-state index contributed by atoms with van der Waals surface area (Å²) in [4.78, 5) is 26.9. The van der Waals surface area contributed by atoms with Gasteiger partial charge in [0.25, 0.3) is 5.91 Å². The minimum atomic E-state index is -0.138. The Balaban J connectivity index is 1.36. The highest BCUT2D eigenvalue weighted by Crippen LogP contribution is 2.29. The molecule has 0 aliphatic heterocycles. The van der Waals surface area contributed by atoms with Crippen LogP contribution in [0.15, 0.2) is 91.0 Å². The molecule has 0 unspecified atom stereocenters. The van der Waals surface area contributed by atoms with Crippen molar-refractivity contribution in [1.82, 2.24) is 4.90 Å². The molecule has 5 nitrogen and oxygen atoms in total. The summed E-state index contributed by atoms with van der Waals surface area (Å²) >= 11 is 0. The Morgan fingerprint density at radius 1 is 0.825 bits per heavy atom. The summed E-state index contributed by atoms with van der Waals surface area (Å²) in [5.74, 6) is 0.659. The van der Waals surface area contributed by atoms with Gasteiger partial charge in [0, 0.05) is 24.6 Å². The molecular formula is C35H39NO4. The number of carbonyl (C=O) groups excluding carboxylic acids is 2. The van der Waals surface area contributed by atoms with Crippen LogP contribution in [0.5, 0.6) is 5.75 Å². The number of hydrogen-bond acceptors (Lipinski definition) is 4. The first-order valence-corrected chi connectivity index (χ1v) is 14.2. The standard InChI is InChI=1S/C35H39NO4/c1-4-39-34(37)18-6-5-9-23-40-31-15-10-12-27(24-31)25-36(26(2)3)35(38)30-21-19-29(20-22-30)33-17-11-14-28-13-7-8-16-32(28)33/h7-8,10-17,19-22,24,26H,4-6,9,18,23,25H2,1-3H3. The van der Waals surface area contributed by atoms with Crippen LogP contribution < -0.4 is 4.74 Å². The Hall–Kier alpha value is -4.12. The number of nitrogens with zero attached hydrogens (tertiary/aromatic N) is 1. The summed E-state index contributed by atoms with van der Waals surface area (Å²) in [6.07, 6.45) is 3.04. The lowest BCUT2D eigenvalue weighted by Gasteiger charge is -2.27. The average molecular weight is 538 g/mol. The van der Waals surface area contributed by atoms with Crippen LogP contribution in [0, 0.1) is 0 Å². The van der Waals surface area contributed by atoms with Gasteiger partial charge in [0.15, 0.2) is 0 Å². The molecule has 0 heterocycles. The summed E-state index contributed by atoms with van der Waals surface area (Å²) in [6.45, 7) is 7.41. The molecule has 0 saturated heterocycles. The van der Waals surface area contributed by atoms with E-state index in [1.54, 1.807) is 0 Å². The Labute approximate surface area is 237 Å². The third kappa shape index (κ3) is 7.72. The van der Waals surface area contributed by atoms with Gasteiger partial charge in [-0.3, -0.25) is 9.59 Å². The van der Waals surface area contributed by atoms with Gasteiger partial charge in [-0.1, -0.05) is 66.7 Å². The van der Waals surface area contributed by atoms with Gasteiger partial charge in [-0.2, -0.15) is 0 Å². The topological polar surface area (TPSA) is 55.8 Å². The number of rotatable bonds is 13. The van der Waals surface area contributed by atoms with Crippen molar-refractivity contribution in [3.05, 3.63) is 102 Å². The number of benzene rings is 4. The van der Waals surface area contributed by atoms with Crippen LogP contribution in [0.1, 0.15) is 62.4 Å². The summed E-state index contributed by atoms with van der Waals surface area (Å²) in [7, 11) is 0. The minimum absolute atomic E-state index is 0.00684. The molecule has 0 spiro atoms. The fourth-order valence-corrected chi connectivity index (χ4v) is 4.83. The first-order valence-electron chi connectivity index (χ1n) is 14.2. The van der Waals surface area contributed by atoms with Crippen molar-refractivity contribution in [2.24, 2.45) is 0 Å². The number of carbonyl (C=O) groups is 2. The van der Waals surface area contributed by atoms with Crippen LogP contribution in [-0.4, -0.2) is 36.0 Å². The van der Waals surface area contributed by atoms with Gasteiger partial charge in [0.2, 0.25) is 0 Å². The molecular weight excluding hydrogens is 498 g/mol. The maximum Gasteiger partial charge on any atom is 0.305 e. The van der Waals surface area contributed by atoms with Gasteiger partial charge in [0.1, 0.15) is 5.75 Å². The molecule has 0 radical (unpaired) electrons. The smallest absolute Gasteiger partial charge is 0.305 e. The van der Waals surface area contributed by atoms with Crippen molar-refractivity contribution in [3.8, 4) is 16.9 Å². The number of fused-ring (bicyclic) bond motifs is 1. The van der Waals surface area contributed by atoms with Gasteiger partial charge < -0.3 is 14.4 Å². The Bertz CT molecular complexity index is 1410. The summed E-state index contributed by atoms with van der Waals surface area (Å²) in [5, 5.41) is 2.40. The minimum Gasteiger partial charge on any atom is -0.494 e. The molecule has 0 bridgehead atoms. The van der Waals surface area contributed by atoms with E-state index in [1.807, 2.05) is 80.3 Å². The van der Waals surface area contributed by atoms with Gasteiger partial charge in [-0.05, 0) is 91.8 Å². The molecule has 0 aliphatic rings. The molecule has 208 valence electrons. The highest BCUT2D eigenvalue weighted by atomic mass is 16.5. The van der Waals surface area contributed by atoms with Crippen LogP contribution in [0.25, 0.3) is 21.9 Å². The van der Waals surface area contributed by atoms with E-state index < -0.39 is 0 Å². The molecule has 0 aliphatic carbocycles. The van der Waals surface area contributed by atoms with E-state index in [0.717, 1.165) is 41.7 Å². The van der Waals surface area contributed by atoms with Gasteiger partial charge in [0.05, 0.1) is 13.2 Å². The maximum atomic E-state index is 13.6. The summed E-state index contributed by atoms with van der Waals surface area (Å²) in [5.41, 5.74) is 3.95. The first kappa shape index (κ1) is 28.9. The zero-order chi connectivity index (χ0) is 28.3. The Morgan fingerprint density at radius 3 is 2.35 bits per heavy atom. The molecule has 4 rings (SSSR count). The van der Waals surface area contributed by atoms with E-state index in [-0.39, 0.29) is 17.9 Å². The van der Waals surface area contributed by atoms with Crippen LogP contribution in [0.4, 0.5) is 0 Å². The van der Waals surface area contributed by atoms with Crippen molar-refractivity contribution in [1.29, 1.82) is 0 Å². The molecule has 5 heteroatoms. The Kier molecular flexibility index (Phi) is 10.3. The number of unbranched alkanes of at least 4 members (excludes halogenated alkanes) is 2. The van der Waals surface area contributed by atoms with Gasteiger partial charge in [-0.15, -0.1) is 0 Å². The predicted molar refractivity (Wildman–Crippen MR) is 161 cm³/mol. The third-order valence-corrected chi connectivity index (χ3v) is 6.97. The lowest BCUT2D eigenvalue weighted by molar-refractivity contribution is -0.143. The zero-order valence-corrected chi connectivity index (χ0v) is 23.8. The van der Waals surface area contributed by atoms with Crippen molar-refractivity contribution >= 4 is 22.6 Å². The van der Waals surface area contributed by atoms with Crippen LogP contribution in [0.2, 0.25) is 0 Å². The normalized spacial score (nSPS) is 11.0. The van der Waals surface area contributed by atoms with E-state index >= 15 is 0 Å². The fraction of sp³-hybridized carbons (Fsp3) is 0.314. The van der Waals surface area contributed by atoms with Gasteiger partial charge in [-0.25, -0.2) is 0 Å². The molecule has 0 fully saturated rings. The van der Waals surface area contributed by atoms with Crippen molar-refractivity contribution in [2.75, 3.05) is 13.2 Å². The van der Waals surface area contributed by atoms with Crippen molar-refractivity contribution in [3.63, 3.8) is 0 Å². The van der Waals surface area contributed by atoms with Crippen LogP contribution in [-0.2, 0) is 16.1 Å².